The van der Waals surface area contributed by atoms with E-state index in [1.807, 2.05) is 11.8 Å². The van der Waals surface area contributed by atoms with E-state index >= 15 is 0 Å². The van der Waals surface area contributed by atoms with Crippen molar-refractivity contribution in [2.45, 2.75) is 57.4 Å². The number of fused-ring (bicyclic) bond motifs is 2. The molecule has 2 bridgehead atoms. The van der Waals surface area contributed by atoms with Gasteiger partial charge in [-0.25, -0.2) is 4.99 Å². The van der Waals surface area contributed by atoms with E-state index in [1.165, 1.54) is 50.7 Å². The first-order chi connectivity index (χ1) is 12.1. The van der Waals surface area contributed by atoms with Crippen molar-refractivity contribution in [2.24, 2.45) is 16.8 Å². The Labute approximate surface area is 180 Å². The zero-order valence-electron chi connectivity index (χ0n) is 16.6. The second-order valence-electron chi connectivity index (χ2n) is 7.71. The molecule has 2 rings (SSSR count). The molecule has 0 spiro atoms. The monoisotopic (exact) mass is 496 g/mol. The van der Waals surface area contributed by atoms with Crippen molar-refractivity contribution in [1.82, 2.24) is 15.5 Å². The molecule has 2 saturated carbocycles. The van der Waals surface area contributed by atoms with E-state index in [-0.39, 0.29) is 36.4 Å². The van der Waals surface area contributed by atoms with Crippen molar-refractivity contribution in [2.75, 3.05) is 39.2 Å². The van der Waals surface area contributed by atoms with Gasteiger partial charge < -0.3 is 15.5 Å². The van der Waals surface area contributed by atoms with Crippen molar-refractivity contribution in [3.8, 4) is 0 Å². The number of likely N-dealkylation sites (N-methyl/N-ethyl adjacent to an activating group) is 1. The molecule has 152 valence electrons. The minimum Gasteiger partial charge on any atom is -0.356 e. The van der Waals surface area contributed by atoms with Crippen LogP contribution in [0.5, 0.6) is 0 Å². The summed E-state index contributed by atoms with van der Waals surface area (Å²) in [6.07, 6.45) is 12.6. The Morgan fingerprint density at radius 1 is 1.15 bits per heavy atom. The van der Waals surface area contributed by atoms with Gasteiger partial charge in [-0.05, 0) is 55.9 Å². The topological polar surface area (TPSA) is 56.7 Å². The second kappa shape index (κ2) is 13.1. The number of amides is 1. The van der Waals surface area contributed by atoms with Crippen LogP contribution in [0.2, 0.25) is 0 Å². The highest BCUT2D eigenvalue weighted by atomic mass is 127. The molecule has 0 saturated heterocycles. The Morgan fingerprint density at radius 3 is 2.54 bits per heavy atom. The van der Waals surface area contributed by atoms with E-state index in [4.69, 9.17) is 0 Å². The number of nitrogens with zero attached hydrogens (tertiary/aromatic N) is 2. The van der Waals surface area contributed by atoms with Crippen LogP contribution in [0.4, 0.5) is 0 Å². The minimum atomic E-state index is 0. The number of hydrogen-bond acceptors (Lipinski definition) is 3. The number of aliphatic imine (C=N–C) groups is 1. The average molecular weight is 497 g/mol. The predicted octanol–water partition coefficient (Wildman–Crippen LogP) is 3.34. The van der Waals surface area contributed by atoms with E-state index in [0.29, 0.717) is 6.04 Å². The SMILES string of the molecule is CSCCCCCCNC(=NCC(=O)N(C)C)NC1CC2CCC1C2.I. The molecule has 2 fully saturated rings. The molecule has 3 atom stereocenters. The summed E-state index contributed by atoms with van der Waals surface area (Å²) < 4.78 is 0. The van der Waals surface area contributed by atoms with Gasteiger partial charge in [0.2, 0.25) is 5.91 Å². The summed E-state index contributed by atoms with van der Waals surface area (Å²) in [6, 6.07) is 0.543. The summed E-state index contributed by atoms with van der Waals surface area (Å²) in [5.41, 5.74) is 0. The first-order valence-electron chi connectivity index (χ1n) is 9.84. The summed E-state index contributed by atoms with van der Waals surface area (Å²) >= 11 is 1.92. The normalized spacial score (nSPS) is 24.3. The van der Waals surface area contributed by atoms with Crippen LogP contribution in [-0.2, 0) is 4.79 Å². The highest BCUT2D eigenvalue weighted by molar-refractivity contribution is 14.0. The third kappa shape index (κ3) is 8.23. The largest absolute Gasteiger partial charge is 0.356 e. The zero-order chi connectivity index (χ0) is 18.1. The predicted molar refractivity (Wildman–Crippen MR) is 124 cm³/mol. The van der Waals surface area contributed by atoms with Crippen LogP contribution < -0.4 is 10.6 Å². The Bertz CT molecular complexity index is 447. The lowest BCUT2D eigenvalue weighted by Gasteiger charge is -2.25. The third-order valence-electron chi connectivity index (χ3n) is 5.50. The van der Waals surface area contributed by atoms with Crippen LogP contribution in [0, 0.1) is 11.8 Å². The van der Waals surface area contributed by atoms with E-state index < -0.39 is 0 Å². The van der Waals surface area contributed by atoms with E-state index in [9.17, 15) is 4.79 Å². The van der Waals surface area contributed by atoms with Crippen molar-refractivity contribution in [3.05, 3.63) is 0 Å². The van der Waals surface area contributed by atoms with E-state index in [0.717, 1.165) is 30.8 Å². The summed E-state index contributed by atoms with van der Waals surface area (Å²) in [5, 5.41) is 7.07. The molecule has 0 heterocycles. The molecule has 2 N–H and O–H groups in total. The molecule has 0 aromatic carbocycles. The van der Waals surface area contributed by atoms with Gasteiger partial charge in [0.1, 0.15) is 6.54 Å². The van der Waals surface area contributed by atoms with Gasteiger partial charge in [0.25, 0.3) is 0 Å². The molecular formula is C19H37IN4OS. The maximum absolute atomic E-state index is 11.9. The first-order valence-corrected chi connectivity index (χ1v) is 11.2. The molecule has 0 aliphatic heterocycles. The summed E-state index contributed by atoms with van der Waals surface area (Å²) in [4.78, 5) is 18.0. The Morgan fingerprint density at radius 2 is 1.92 bits per heavy atom. The lowest BCUT2D eigenvalue weighted by Crippen LogP contribution is -2.46. The molecule has 0 aromatic heterocycles. The molecule has 1 amide bonds. The summed E-state index contributed by atoms with van der Waals surface area (Å²) in [7, 11) is 3.56. The lowest BCUT2D eigenvalue weighted by molar-refractivity contribution is -0.127. The number of carbonyl (C=O) groups is 1. The molecule has 2 aliphatic carbocycles. The van der Waals surface area contributed by atoms with Crippen LogP contribution in [0.3, 0.4) is 0 Å². The average Bonchev–Trinajstić information content (AvgIpc) is 3.21. The van der Waals surface area contributed by atoms with E-state index in [1.54, 1.807) is 19.0 Å². The smallest absolute Gasteiger partial charge is 0.243 e. The Balaban J connectivity index is 0.00000338. The number of halogens is 1. The van der Waals surface area contributed by atoms with Crippen LogP contribution in [-0.4, -0.2) is 62.0 Å². The van der Waals surface area contributed by atoms with Crippen LogP contribution in [0.1, 0.15) is 51.4 Å². The van der Waals surface area contributed by atoms with Crippen LogP contribution >= 0.6 is 35.7 Å². The van der Waals surface area contributed by atoms with Gasteiger partial charge in [-0.15, -0.1) is 24.0 Å². The molecular weight excluding hydrogens is 459 g/mol. The second-order valence-corrected chi connectivity index (χ2v) is 8.70. The number of nitrogens with one attached hydrogen (secondary N) is 2. The van der Waals surface area contributed by atoms with Crippen LogP contribution in [0.15, 0.2) is 4.99 Å². The van der Waals surface area contributed by atoms with Gasteiger partial charge in [0, 0.05) is 26.7 Å². The number of hydrogen-bond donors (Lipinski definition) is 2. The maximum atomic E-state index is 11.9. The van der Waals surface area contributed by atoms with Gasteiger partial charge in [-0.1, -0.05) is 19.3 Å². The fourth-order valence-electron chi connectivity index (χ4n) is 3.97. The summed E-state index contributed by atoms with van der Waals surface area (Å²) in [6.45, 7) is 1.15. The van der Waals surface area contributed by atoms with E-state index in [2.05, 4.69) is 21.9 Å². The molecule has 5 nitrogen and oxygen atoms in total. The van der Waals surface area contributed by atoms with Crippen molar-refractivity contribution in [3.63, 3.8) is 0 Å². The molecule has 7 heteroatoms. The minimum absolute atomic E-state index is 0. The number of guanidine groups is 1. The van der Waals surface area contributed by atoms with Crippen molar-refractivity contribution >= 4 is 47.6 Å². The molecule has 3 unspecified atom stereocenters. The molecule has 2 aliphatic rings. The fourth-order valence-corrected chi connectivity index (χ4v) is 4.46. The molecule has 26 heavy (non-hydrogen) atoms. The number of thioether (sulfide) groups is 1. The van der Waals surface area contributed by atoms with Gasteiger partial charge >= 0.3 is 0 Å². The van der Waals surface area contributed by atoms with Gasteiger partial charge in [-0.3, -0.25) is 4.79 Å². The highest BCUT2D eigenvalue weighted by Crippen LogP contribution is 2.44. The van der Waals surface area contributed by atoms with Crippen molar-refractivity contribution < 1.29 is 4.79 Å². The van der Waals surface area contributed by atoms with Crippen molar-refractivity contribution in [1.29, 1.82) is 0 Å². The fraction of sp³-hybridized carbons (Fsp3) is 0.895. The molecule has 0 radical (unpaired) electrons. The number of carbonyl (C=O) groups excluding carboxylic acids is 1. The Hall–Kier alpha value is -0.180. The van der Waals surface area contributed by atoms with Gasteiger partial charge in [-0.2, -0.15) is 11.8 Å². The zero-order valence-corrected chi connectivity index (χ0v) is 19.8. The lowest BCUT2D eigenvalue weighted by atomic mass is 9.95. The Kier molecular flexibility index (Phi) is 12.0. The number of rotatable bonds is 10. The maximum Gasteiger partial charge on any atom is 0.243 e. The summed E-state index contributed by atoms with van der Waals surface area (Å²) in [5.74, 6) is 3.85. The highest BCUT2D eigenvalue weighted by Gasteiger charge is 2.39. The number of unbranched alkanes of at least 4 members (excludes halogenated alkanes) is 3. The quantitative estimate of drug-likeness (QED) is 0.211. The van der Waals surface area contributed by atoms with Crippen LogP contribution in [0.25, 0.3) is 0 Å². The van der Waals surface area contributed by atoms with Gasteiger partial charge in [0.15, 0.2) is 5.96 Å². The standard InChI is InChI=1S/C19H36N4OS.HI/c1-23(2)18(24)14-21-19(20-10-6-4-5-7-11-25-3)22-17-13-15-8-9-16(17)12-15;/h15-17H,4-14H2,1-3H3,(H2,20,21,22);1H. The third-order valence-corrected chi connectivity index (χ3v) is 6.20. The molecule has 0 aromatic rings. The van der Waals surface area contributed by atoms with Gasteiger partial charge in [0.05, 0.1) is 0 Å². The first kappa shape index (κ1) is 23.9.